The average molecular weight is 408 g/mol. The zero-order valence-electron chi connectivity index (χ0n) is 18.8. The topological polar surface area (TPSA) is 66.8 Å². The number of rotatable bonds is 2. The van der Waals surface area contributed by atoms with Gasteiger partial charge in [-0.1, -0.05) is 65.2 Å². The molecule has 0 atom stereocenters. The summed E-state index contributed by atoms with van der Waals surface area (Å²) in [5.74, 6) is 0.486. The minimum Gasteiger partial charge on any atom is -0.360 e. The lowest BCUT2D eigenvalue weighted by Crippen LogP contribution is -2.42. The summed E-state index contributed by atoms with van der Waals surface area (Å²) in [7, 11) is 0. The molecule has 31 heavy (non-hydrogen) atoms. The molecule has 154 valence electrons. The maximum atomic E-state index is 9.16. The maximum absolute atomic E-state index is 9.16. The van der Waals surface area contributed by atoms with E-state index in [4.69, 9.17) is 11.8 Å². The highest BCUT2D eigenvalue weighted by Crippen LogP contribution is 2.61. The standard InChI is InChI=1S/C26H25N5/c1-24(2)19-10-8-16(12-20(19)25(3,4)26(24,5)6)21-11-9-17(15-29-21)23-30-18(14-27)13-22(28-7)31-23/h8-13,15H,1-6H3. The monoisotopic (exact) mass is 407 g/mol. The third-order valence-corrected chi connectivity index (χ3v) is 7.75. The zero-order chi connectivity index (χ0) is 22.6. The number of aromatic nitrogens is 3. The molecule has 0 amide bonds. The van der Waals surface area contributed by atoms with E-state index in [1.54, 1.807) is 6.20 Å². The fourth-order valence-electron chi connectivity index (χ4n) is 4.60. The van der Waals surface area contributed by atoms with Crippen molar-refractivity contribution in [2.24, 2.45) is 5.41 Å². The van der Waals surface area contributed by atoms with Crippen molar-refractivity contribution in [3.63, 3.8) is 0 Å². The van der Waals surface area contributed by atoms with Crippen molar-refractivity contribution in [1.29, 1.82) is 5.26 Å². The van der Waals surface area contributed by atoms with E-state index < -0.39 is 0 Å². The highest BCUT2D eigenvalue weighted by molar-refractivity contribution is 5.67. The molecule has 1 aliphatic carbocycles. The first-order valence-corrected chi connectivity index (χ1v) is 10.3. The van der Waals surface area contributed by atoms with Gasteiger partial charge in [0.25, 0.3) is 11.6 Å². The Labute approximate surface area is 183 Å². The van der Waals surface area contributed by atoms with Crippen LogP contribution >= 0.6 is 0 Å². The van der Waals surface area contributed by atoms with Gasteiger partial charge in [-0.3, -0.25) is 4.98 Å². The molecule has 0 saturated carbocycles. The average Bonchev–Trinajstić information content (AvgIpc) is 2.87. The molecule has 0 spiro atoms. The lowest BCUT2D eigenvalue weighted by molar-refractivity contribution is 0.125. The second kappa shape index (κ2) is 6.72. The maximum Gasteiger partial charge on any atom is 0.274 e. The predicted molar refractivity (Wildman–Crippen MR) is 122 cm³/mol. The minimum atomic E-state index is 0.0313. The van der Waals surface area contributed by atoms with E-state index in [0.29, 0.717) is 11.4 Å². The second-order valence-corrected chi connectivity index (χ2v) is 9.73. The molecule has 0 fully saturated rings. The third-order valence-electron chi connectivity index (χ3n) is 7.75. The molecule has 4 rings (SSSR count). The van der Waals surface area contributed by atoms with Crippen LogP contribution in [0.25, 0.3) is 27.5 Å². The van der Waals surface area contributed by atoms with Crippen LogP contribution < -0.4 is 0 Å². The van der Waals surface area contributed by atoms with E-state index >= 15 is 0 Å². The Morgan fingerprint density at radius 1 is 0.871 bits per heavy atom. The fourth-order valence-corrected chi connectivity index (χ4v) is 4.60. The highest BCUT2D eigenvalue weighted by atomic mass is 15.0. The number of pyridine rings is 1. The Bertz CT molecular complexity index is 1240. The van der Waals surface area contributed by atoms with E-state index in [9.17, 15) is 0 Å². The van der Waals surface area contributed by atoms with Crippen LogP contribution in [0.4, 0.5) is 5.82 Å². The number of nitrogens with zero attached hydrogens (tertiary/aromatic N) is 5. The lowest BCUT2D eigenvalue weighted by Gasteiger charge is -2.44. The number of hydrogen-bond donors (Lipinski definition) is 0. The molecule has 0 bridgehead atoms. The Morgan fingerprint density at radius 3 is 2.16 bits per heavy atom. The smallest absolute Gasteiger partial charge is 0.274 e. The van der Waals surface area contributed by atoms with Gasteiger partial charge in [-0.2, -0.15) is 10.2 Å². The molecule has 2 heterocycles. The predicted octanol–water partition coefficient (Wildman–Crippen LogP) is 6.22. The molecular weight excluding hydrogens is 382 g/mol. The van der Waals surface area contributed by atoms with Gasteiger partial charge in [0.2, 0.25) is 0 Å². The van der Waals surface area contributed by atoms with Crippen molar-refractivity contribution in [3.05, 3.63) is 70.8 Å². The van der Waals surface area contributed by atoms with Gasteiger partial charge in [0.1, 0.15) is 11.8 Å². The Morgan fingerprint density at radius 2 is 1.55 bits per heavy atom. The Kier molecular flexibility index (Phi) is 4.49. The van der Waals surface area contributed by atoms with Crippen molar-refractivity contribution in [3.8, 4) is 28.7 Å². The van der Waals surface area contributed by atoms with Crippen LogP contribution in [0, 0.1) is 23.3 Å². The van der Waals surface area contributed by atoms with Crippen molar-refractivity contribution in [2.45, 2.75) is 52.4 Å². The molecule has 0 unspecified atom stereocenters. The molecule has 0 saturated heterocycles. The van der Waals surface area contributed by atoms with Gasteiger partial charge in [-0.05, 0) is 45.6 Å². The second-order valence-electron chi connectivity index (χ2n) is 9.73. The van der Waals surface area contributed by atoms with Gasteiger partial charge in [0, 0.05) is 17.8 Å². The van der Waals surface area contributed by atoms with Gasteiger partial charge in [-0.25, -0.2) is 0 Å². The molecule has 0 aliphatic heterocycles. The number of benzene rings is 1. The van der Waals surface area contributed by atoms with Gasteiger partial charge in [0.15, 0.2) is 0 Å². The van der Waals surface area contributed by atoms with E-state index in [1.807, 2.05) is 18.2 Å². The molecule has 0 N–H and O–H groups in total. The number of fused-ring (bicyclic) bond motifs is 1. The molecule has 1 aromatic carbocycles. The largest absolute Gasteiger partial charge is 0.360 e. The first kappa shape index (κ1) is 20.7. The van der Waals surface area contributed by atoms with Crippen molar-refractivity contribution >= 4 is 5.82 Å². The Hall–Kier alpha value is -3.57. The summed E-state index contributed by atoms with van der Waals surface area (Å²) in [6.07, 6.45) is 1.70. The summed E-state index contributed by atoms with van der Waals surface area (Å²) in [6, 6.07) is 13.9. The van der Waals surface area contributed by atoms with Crippen LogP contribution in [-0.4, -0.2) is 15.0 Å². The number of nitriles is 1. The summed E-state index contributed by atoms with van der Waals surface area (Å²) in [5.41, 5.74) is 5.78. The van der Waals surface area contributed by atoms with Crippen LogP contribution in [0.15, 0.2) is 42.6 Å². The van der Waals surface area contributed by atoms with Gasteiger partial charge >= 0.3 is 0 Å². The highest BCUT2D eigenvalue weighted by Gasteiger charge is 2.56. The summed E-state index contributed by atoms with van der Waals surface area (Å²) in [6.45, 7) is 21.2. The molecule has 1 aliphatic rings. The SMILES string of the molecule is [C-]#[N+]c1cc(C#N)nc(-c2ccc(-c3ccc4c(c3)C(C)(C)C(C)(C)C4(C)C)nc2)n1. The quantitative estimate of drug-likeness (QED) is 0.473. The molecular formula is C26H25N5. The van der Waals surface area contributed by atoms with Crippen molar-refractivity contribution < 1.29 is 0 Å². The van der Waals surface area contributed by atoms with E-state index in [0.717, 1.165) is 11.3 Å². The van der Waals surface area contributed by atoms with E-state index in [-0.39, 0.29) is 27.8 Å². The molecule has 5 heteroatoms. The summed E-state index contributed by atoms with van der Waals surface area (Å²) in [5, 5.41) is 9.16. The number of hydrogen-bond acceptors (Lipinski definition) is 4. The summed E-state index contributed by atoms with van der Waals surface area (Å²) >= 11 is 0. The fraction of sp³-hybridized carbons (Fsp3) is 0.346. The summed E-state index contributed by atoms with van der Waals surface area (Å²) in [4.78, 5) is 16.4. The van der Waals surface area contributed by atoms with Crippen molar-refractivity contribution in [2.75, 3.05) is 0 Å². The molecule has 0 radical (unpaired) electrons. The lowest BCUT2D eigenvalue weighted by atomic mass is 9.59. The van der Waals surface area contributed by atoms with Crippen molar-refractivity contribution in [1.82, 2.24) is 15.0 Å². The Balaban J connectivity index is 1.75. The first-order chi connectivity index (χ1) is 14.5. The minimum absolute atomic E-state index is 0.0313. The molecule has 2 aromatic heterocycles. The van der Waals surface area contributed by atoms with Crippen LogP contribution in [0.2, 0.25) is 0 Å². The van der Waals surface area contributed by atoms with Gasteiger partial charge < -0.3 is 4.85 Å². The van der Waals surface area contributed by atoms with Gasteiger partial charge in [-0.15, -0.1) is 0 Å². The zero-order valence-corrected chi connectivity index (χ0v) is 18.8. The molecule has 3 aromatic rings. The first-order valence-electron chi connectivity index (χ1n) is 10.3. The van der Waals surface area contributed by atoms with E-state index in [2.05, 4.69) is 79.5 Å². The molecule has 5 nitrogen and oxygen atoms in total. The van der Waals surface area contributed by atoms with Gasteiger partial charge in [0.05, 0.1) is 11.3 Å². The van der Waals surface area contributed by atoms with Crippen LogP contribution in [-0.2, 0) is 10.8 Å². The van der Waals surface area contributed by atoms with E-state index in [1.165, 1.54) is 17.2 Å². The van der Waals surface area contributed by atoms with Crippen LogP contribution in [0.1, 0.15) is 58.4 Å². The normalized spacial score (nSPS) is 17.4. The third kappa shape index (κ3) is 2.93. The van der Waals surface area contributed by atoms with Crippen LogP contribution in [0.5, 0.6) is 0 Å². The summed E-state index contributed by atoms with van der Waals surface area (Å²) < 4.78 is 0. The van der Waals surface area contributed by atoms with Crippen LogP contribution in [0.3, 0.4) is 0 Å².